The lowest BCUT2D eigenvalue weighted by Gasteiger charge is -2.20. The van der Waals surface area contributed by atoms with Crippen LogP contribution in [-0.4, -0.2) is 87.4 Å². The first-order valence-corrected chi connectivity index (χ1v) is 14.4. The molecule has 1 saturated heterocycles. The van der Waals surface area contributed by atoms with Gasteiger partial charge in [0.2, 0.25) is 6.54 Å². The van der Waals surface area contributed by atoms with Crippen molar-refractivity contribution in [2.45, 2.75) is 31.0 Å². The van der Waals surface area contributed by atoms with Crippen molar-refractivity contribution < 1.29 is 65.9 Å². The molecule has 2 aromatic rings. The molecule has 3 unspecified atom stereocenters. The van der Waals surface area contributed by atoms with E-state index >= 15 is 0 Å². The number of nitro groups is 1. The first-order valence-electron chi connectivity index (χ1n) is 9.87. The van der Waals surface area contributed by atoms with Gasteiger partial charge in [-0.25, -0.2) is 28.6 Å². The number of aliphatic hydroxyl groups excluding tert-OH is 2. The van der Waals surface area contributed by atoms with Gasteiger partial charge in [-0.1, -0.05) is 0 Å². The van der Waals surface area contributed by atoms with E-state index in [-0.39, 0.29) is 23.4 Å². The highest BCUT2D eigenvalue weighted by Gasteiger charge is 2.47. The number of phosphoric ester groups is 2. The van der Waals surface area contributed by atoms with E-state index in [9.17, 15) is 48.7 Å². The van der Waals surface area contributed by atoms with Gasteiger partial charge in [0.1, 0.15) is 30.2 Å². The summed E-state index contributed by atoms with van der Waals surface area (Å²) in [6.07, 6.45) is -4.19. The molecule has 3 rings (SSSR count). The number of phosphoric acid groups is 3. The van der Waals surface area contributed by atoms with Gasteiger partial charge in [0.15, 0.2) is 17.7 Å². The molecule has 7 atom stereocenters. The van der Waals surface area contributed by atoms with E-state index in [4.69, 9.17) is 10.5 Å². The van der Waals surface area contributed by atoms with Crippen LogP contribution in [0.2, 0.25) is 0 Å². The molecule has 3 heterocycles. The fraction of sp³-hybridized carbons (Fsp3) is 0.615. The Hall–Kier alpha value is -1.96. The standard InChI is InChI=1S/C13H21N6O15P3/c14-11-8-12(16-5-15-11)18(6-17-8)13-10(21)9(20)7(32-13)4-31-36(26,27)34-37(28,29)33-35(24,25)30-3-1-2-19(22)23/h5-7,9-10,13,20-21H,1-4H2,(H,24,25)(H,26,27)(H,28,29)(H2,14,15,16)/t7-,9-,10-,13-/m1/s1. The van der Waals surface area contributed by atoms with Gasteiger partial charge in [-0.15, -0.1) is 0 Å². The SMILES string of the molecule is Nc1ncnc2c1ncn2[C@@H]1O[C@H](COP(=O)(O)OP(=O)(O)OP(=O)(O)OCCC[N+](=O)[O-])[C@@H](O)[C@H]1O. The molecule has 7 N–H and O–H groups in total. The third-order valence-electron chi connectivity index (χ3n) is 4.55. The second-order valence-corrected chi connectivity index (χ2v) is 11.9. The molecule has 0 aromatic carbocycles. The zero-order valence-electron chi connectivity index (χ0n) is 18.3. The first-order chi connectivity index (χ1) is 17.1. The molecular weight excluding hydrogens is 573 g/mol. The summed E-state index contributed by atoms with van der Waals surface area (Å²) in [4.78, 5) is 49.8. The van der Waals surface area contributed by atoms with Gasteiger partial charge < -0.3 is 35.4 Å². The molecule has 208 valence electrons. The summed E-state index contributed by atoms with van der Waals surface area (Å²) in [5.41, 5.74) is 5.99. The Morgan fingerprint density at radius 1 is 1.05 bits per heavy atom. The van der Waals surface area contributed by atoms with Crippen molar-refractivity contribution in [3.63, 3.8) is 0 Å². The number of hydrogen-bond donors (Lipinski definition) is 6. The summed E-state index contributed by atoms with van der Waals surface area (Å²) in [6, 6.07) is 0. The number of ether oxygens (including phenoxy) is 1. The number of aliphatic hydroxyl groups is 2. The van der Waals surface area contributed by atoms with Crippen molar-refractivity contribution >= 4 is 40.4 Å². The maximum absolute atomic E-state index is 12.1. The van der Waals surface area contributed by atoms with Gasteiger partial charge >= 0.3 is 23.5 Å². The van der Waals surface area contributed by atoms with E-state index in [1.165, 1.54) is 10.9 Å². The molecule has 0 spiro atoms. The summed E-state index contributed by atoms with van der Waals surface area (Å²) in [7, 11) is -16.6. The van der Waals surface area contributed by atoms with Gasteiger partial charge in [0.05, 0.1) is 19.5 Å². The number of nitrogen functional groups attached to an aromatic ring is 1. The van der Waals surface area contributed by atoms with E-state index in [0.717, 1.165) is 6.33 Å². The van der Waals surface area contributed by atoms with Gasteiger partial charge in [-0.3, -0.25) is 23.7 Å². The van der Waals surface area contributed by atoms with Crippen molar-refractivity contribution in [1.82, 2.24) is 19.5 Å². The van der Waals surface area contributed by atoms with Crippen LogP contribution in [0.15, 0.2) is 12.7 Å². The molecule has 0 aliphatic carbocycles. The molecular formula is C13H21N6O15P3. The first kappa shape index (κ1) is 29.6. The zero-order chi connectivity index (χ0) is 27.6. The van der Waals surface area contributed by atoms with Gasteiger partial charge in [0.25, 0.3) is 0 Å². The highest BCUT2D eigenvalue weighted by Crippen LogP contribution is 2.67. The molecule has 0 saturated carbocycles. The monoisotopic (exact) mass is 594 g/mol. The normalized spacial score (nSPS) is 26.9. The Labute approximate surface area is 205 Å². The van der Waals surface area contributed by atoms with Crippen molar-refractivity contribution in [3.8, 4) is 0 Å². The summed E-state index contributed by atoms with van der Waals surface area (Å²) in [6.45, 7) is -2.36. The fourth-order valence-corrected chi connectivity index (χ4v) is 6.56. The van der Waals surface area contributed by atoms with Crippen molar-refractivity contribution in [1.29, 1.82) is 0 Å². The number of rotatable bonds is 13. The molecule has 0 bridgehead atoms. The molecule has 0 amide bonds. The third kappa shape index (κ3) is 7.78. The van der Waals surface area contributed by atoms with Gasteiger partial charge in [-0.05, 0) is 0 Å². The lowest BCUT2D eigenvalue weighted by atomic mass is 10.1. The number of anilines is 1. The largest absolute Gasteiger partial charge is 0.490 e. The summed E-state index contributed by atoms with van der Waals surface area (Å²) in [5, 5.41) is 30.8. The fourth-order valence-electron chi connectivity index (χ4n) is 3.02. The minimum atomic E-state index is -5.78. The molecule has 24 heteroatoms. The molecule has 21 nitrogen and oxygen atoms in total. The van der Waals surface area contributed by atoms with Crippen LogP contribution in [0.1, 0.15) is 12.6 Å². The molecule has 2 aromatic heterocycles. The van der Waals surface area contributed by atoms with E-state index in [0.29, 0.717) is 0 Å². The third-order valence-corrected chi connectivity index (χ3v) is 8.84. The summed E-state index contributed by atoms with van der Waals surface area (Å²) >= 11 is 0. The molecule has 1 fully saturated rings. The lowest BCUT2D eigenvalue weighted by Crippen LogP contribution is -2.33. The Balaban J connectivity index is 1.58. The summed E-state index contributed by atoms with van der Waals surface area (Å²) in [5.74, 6) is 0.0279. The maximum Gasteiger partial charge on any atom is 0.490 e. The van der Waals surface area contributed by atoms with E-state index in [1.807, 2.05) is 0 Å². The Morgan fingerprint density at radius 2 is 1.70 bits per heavy atom. The number of nitrogens with two attached hydrogens (primary N) is 1. The van der Waals surface area contributed by atoms with Crippen LogP contribution in [0.3, 0.4) is 0 Å². The van der Waals surface area contributed by atoms with Crippen LogP contribution in [-0.2, 0) is 36.1 Å². The maximum atomic E-state index is 12.1. The van der Waals surface area contributed by atoms with E-state index < -0.39 is 72.7 Å². The lowest BCUT2D eigenvalue weighted by molar-refractivity contribution is -0.480. The van der Waals surface area contributed by atoms with Gasteiger partial charge in [0, 0.05) is 11.3 Å². The predicted molar refractivity (Wildman–Crippen MR) is 116 cm³/mol. The van der Waals surface area contributed by atoms with Crippen molar-refractivity contribution in [2.75, 3.05) is 25.5 Å². The van der Waals surface area contributed by atoms with Crippen molar-refractivity contribution in [3.05, 3.63) is 22.8 Å². The van der Waals surface area contributed by atoms with Crippen LogP contribution in [0.4, 0.5) is 5.82 Å². The average Bonchev–Trinajstić information content (AvgIpc) is 3.30. The van der Waals surface area contributed by atoms with E-state index in [2.05, 4.69) is 32.6 Å². The predicted octanol–water partition coefficient (Wildman–Crippen LogP) is -0.938. The summed E-state index contributed by atoms with van der Waals surface area (Å²) < 4.78 is 58.8. The Bertz CT molecular complexity index is 1280. The topological polar surface area (TPSA) is 311 Å². The van der Waals surface area contributed by atoms with Crippen LogP contribution in [0.25, 0.3) is 11.2 Å². The Kier molecular flexibility index (Phi) is 9.14. The molecule has 37 heavy (non-hydrogen) atoms. The van der Waals surface area contributed by atoms with E-state index in [1.54, 1.807) is 0 Å². The molecule has 0 radical (unpaired) electrons. The number of hydrogen-bond acceptors (Lipinski definition) is 16. The number of imidazole rings is 1. The number of fused-ring (bicyclic) bond motifs is 1. The minimum Gasteiger partial charge on any atom is -0.387 e. The smallest absolute Gasteiger partial charge is 0.387 e. The van der Waals surface area contributed by atoms with Crippen LogP contribution in [0, 0.1) is 10.1 Å². The van der Waals surface area contributed by atoms with Crippen LogP contribution < -0.4 is 5.73 Å². The highest BCUT2D eigenvalue weighted by atomic mass is 31.3. The zero-order valence-corrected chi connectivity index (χ0v) is 20.9. The number of nitrogens with zero attached hydrogens (tertiary/aromatic N) is 5. The van der Waals surface area contributed by atoms with Crippen LogP contribution in [0.5, 0.6) is 0 Å². The van der Waals surface area contributed by atoms with Crippen LogP contribution >= 0.6 is 23.5 Å². The number of aromatic nitrogens is 4. The van der Waals surface area contributed by atoms with Crippen molar-refractivity contribution in [2.24, 2.45) is 0 Å². The second kappa shape index (κ2) is 11.4. The highest BCUT2D eigenvalue weighted by molar-refractivity contribution is 7.66. The molecule has 1 aliphatic rings. The van der Waals surface area contributed by atoms with Gasteiger partial charge in [-0.2, -0.15) is 8.62 Å². The molecule has 1 aliphatic heterocycles. The minimum absolute atomic E-state index is 0.0279. The average molecular weight is 594 g/mol. The second-order valence-electron chi connectivity index (χ2n) is 7.24. The Morgan fingerprint density at radius 3 is 2.35 bits per heavy atom. The quantitative estimate of drug-likeness (QED) is 0.0705.